The molecule has 4 N–H and O–H groups in total. The predicted molar refractivity (Wildman–Crippen MR) is 111 cm³/mol. The molecular weight excluding hydrogens is 407 g/mol. The number of benzene rings is 1. The standard InChI is InChI=1S/C18H26N4O4.2ClH/c23-16(6-8-22-18(25)15-12-19-10-11-20-15)21-9-7-17(24)26-13-14-4-2-1-3-5-14;;/h1-5,15,19-20H,6-13H2,(H,21,23)(H,22,25);2*1H. The molecule has 0 radical (unpaired) electrons. The van der Waals surface area contributed by atoms with Crippen molar-refractivity contribution >= 4 is 42.6 Å². The quantitative estimate of drug-likeness (QED) is 0.412. The molecule has 158 valence electrons. The van der Waals surface area contributed by atoms with Gasteiger partial charge in [0.15, 0.2) is 0 Å². The first kappa shape index (κ1) is 26.1. The van der Waals surface area contributed by atoms with Gasteiger partial charge in [0.05, 0.1) is 12.5 Å². The van der Waals surface area contributed by atoms with Crippen molar-refractivity contribution in [1.29, 1.82) is 0 Å². The van der Waals surface area contributed by atoms with Crippen molar-refractivity contribution in [3.63, 3.8) is 0 Å². The highest BCUT2D eigenvalue weighted by Gasteiger charge is 2.19. The Kier molecular flexibility index (Phi) is 14.1. The summed E-state index contributed by atoms with van der Waals surface area (Å²) in [6.45, 7) is 2.89. The number of amides is 2. The van der Waals surface area contributed by atoms with E-state index in [1.807, 2.05) is 30.3 Å². The van der Waals surface area contributed by atoms with Crippen molar-refractivity contribution in [2.45, 2.75) is 25.5 Å². The lowest BCUT2D eigenvalue weighted by molar-refractivity contribution is -0.144. The van der Waals surface area contributed by atoms with Crippen molar-refractivity contribution in [1.82, 2.24) is 21.3 Å². The van der Waals surface area contributed by atoms with Crippen LogP contribution in [0.2, 0.25) is 0 Å². The van der Waals surface area contributed by atoms with E-state index in [9.17, 15) is 14.4 Å². The molecule has 1 aliphatic heterocycles. The van der Waals surface area contributed by atoms with Gasteiger partial charge in [-0.05, 0) is 5.56 Å². The molecular formula is C18H28Cl2N4O4. The van der Waals surface area contributed by atoms with Crippen LogP contribution in [-0.2, 0) is 25.7 Å². The number of nitrogens with one attached hydrogen (secondary N) is 4. The molecule has 1 fully saturated rings. The first-order valence-electron chi connectivity index (χ1n) is 8.83. The summed E-state index contributed by atoms with van der Waals surface area (Å²) in [5, 5.41) is 11.6. The molecule has 2 rings (SSSR count). The van der Waals surface area contributed by atoms with Crippen LogP contribution in [0.1, 0.15) is 18.4 Å². The molecule has 8 nitrogen and oxygen atoms in total. The lowest BCUT2D eigenvalue weighted by atomic mass is 10.2. The summed E-state index contributed by atoms with van der Waals surface area (Å²) in [6, 6.07) is 9.15. The predicted octanol–water partition coefficient (Wildman–Crippen LogP) is 0.147. The molecule has 1 unspecified atom stereocenters. The van der Waals surface area contributed by atoms with Crippen LogP contribution in [0.4, 0.5) is 0 Å². The van der Waals surface area contributed by atoms with Crippen molar-refractivity contribution in [3.8, 4) is 0 Å². The maximum Gasteiger partial charge on any atom is 0.307 e. The maximum atomic E-state index is 11.9. The fraction of sp³-hybridized carbons (Fsp3) is 0.500. The highest BCUT2D eigenvalue weighted by Crippen LogP contribution is 2.01. The van der Waals surface area contributed by atoms with Crippen LogP contribution < -0.4 is 21.3 Å². The van der Waals surface area contributed by atoms with Gasteiger partial charge in [0, 0.05) is 39.1 Å². The van der Waals surface area contributed by atoms with E-state index in [0.717, 1.165) is 18.7 Å². The second kappa shape index (κ2) is 15.1. The van der Waals surface area contributed by atoms with Crippen molar-refractivity contribution in [3.05, 3.63) is 35.9 Å². The molecule has 1 saturated heterocycles. The highest BCUT2D eigenvalue weighted by atomic mass is 35.5. The van der Waals surface area contributed by atoms with Crippen molar-refractivity contribution < 1.29 is 19.1 Å². The van der Waals surface area contributed by atoms with E-state index in [-0.39, 0.29) is 81.2 Å². The van der Waals surface area contributed by atoms with Crippen LogP contribution in [0.3, 0.4) is 0 Å². The molecule has 1 aliphatic rings. The minimum Gasteiger partial charge on any atom is -0.461 e. The maximum absolute atomic E-state index is 11.9. The van der Waals surface area contributed by atoms with E-state index >= 15 is 0 Å². The summed E-state index contributed by atoms with van der Waals surface area (Å²) >= 11 is 0. The normalized spacial score (nSPS) is 15.4. The van der Waals surface area contributed by atoms with Crippen LogP contribution in [0.25, 0.3) is 0 Å². The van der Waals surface area contributed by atoms with E-state index in [0.29, 0.717) is 6.54 Å². The first-order chi connectivity index (χ1) is 12.6. The number of halogens is 2. The molecule has 2 amide bonds. The van der Waals surface area contributed by atoms with Gasteiger partial charge in [0.1, 0.15) is 6.61 Å². The summed E-state index contributed by atoms with van der Waals surface area (Å²) in [5.41, 5.74) is 0.920. The van der Waals surface area contributed by atoms with Gasteiger partial charge in [-0.1, -0.05) is 30.3 Å². The van der Waals surface area contributed by atoms with E-state index in [4.69, 9.17) is 4.74 Å². The van der Waals surface area contributed by atoms with E-state index in [1.165, 1.54) is 0 Å². The average molecular weight is 435 g/mol. The van der Waals surface area contributed by atoms with E-state index < -0.39 is 0 Å². The van der Waals surface area contributed by atoms with Crippen LogP contribution in [-0.4, -0.2) is 56.5 Å². The van der Waals surface area contributed by atoms with Gasteiger partial charge >= 0.3 is 5.97 Å². The van der Waals surface area contributed by atoms with Gasteiger partial charge in [-0.3, -0.25) is 14.4 Å². The zero-order chi connectivity index (χ0) is 18.6. The van der Waals surface area contributed by atoms with Gasteiger partial charge in [-0.2, -0.15) is 0 Å². The number of hydrogen-bond acceptors (Lipinski definition) is 6. The number of piperazine rings is 1. The summed E-state index contributed by atoms with van der Waals surface area (Å²) in [5.74, 6) is -0.691. The topological polar surface area (TPSA) is 109 Å². The Balaban J connectivity index is 0.00000364. The van der Waals surface area contributed by atoms with E-state index in [1.54, 1.807) is 0 Å². The third-order valence-corrected chi connectivity index (χ3v) is 3.90. The Labute approximate surface area is 177 Å². The molecule has 10 heteroatoms. The smallest absolute Gasteiger partial charge is 0.307 e. The summed E-state index contributed by atoms with van der Waals surface area (Å²) in [6.07, 6.45) is 0.285. The monoisotopic (exact) mass is 434 g/mol. The van der Waals surface area contributed by atoms with Gasteiger partial charge in [-0.25, -0.2) is 0 Å². The third-order valence-electron chi connectivity index (χ3n) is 3.90. The molecule has 1 aromatic rings. The summed E-state index contributed by atoms with van der Waals surface area (Å²) < 4.78 is 5.13. The number of esters is 1. The Hall–Kier alpha value is -1.87. The summed E-state index contributed by atoms with van der Waals surface area (Å²) in [7, 11) is 0. The number of ether oxygens (including phenoxy) is 1. The summed E-state index contributed by atoms with van der Waals surface area (Å²) in [4.78, 5) is 35.2. The number of carbonyl (C=O) groups is 3. The fourth-order valence-corrected chi connectivity index (χ4v) is 2.46. The Morgan fingerprint density at radius 3 is 2.39 bits per heavy atom. The molecule has 1 heterocycles. The zero-order valence-corrected chi connectivity index (χ0v) is 17.2. The van der Waals surface area contributed by atoms with E-state index in [2.05, 4.69) is 21.3 Å². The van der Waals surface area contributed by atoms with Crippen LogP contribution in [0, 0.1) is 0 Å². The number of hydrogen-bond donors (Lipinski definition) is 4. The lowest BCUT2D eigenvalue weighted by Crippen LogP contribution is -2.55. The zero-order valence-electron chi connectivity index (χ0n) is 15.6. The molecule has 0 aliphatic carbocycles. The second-order valence-electron chi connectivity index (χ2n) is 6.00. The van der Waals surface area contributed by atoms with Crippen molar-refractivity contribution in [2.24, 2.45) is 0 Å². The molecule has 0 aromatic heterocycles. The molecule has 0 bridgehead atoms. The van der Waals surface area contributed by atoms with Crippen LogP contribution >= 0.6 is 24.8 Å². The molecule has 0 spiro atoms. The second-order valence-corrected chi connectivity index (χ2v) is 6.00. The third kappa shape index (κ3) is 10.5. The Morgan fingerprint density at radius 1 is 1.00 bits per heavy atom. The molecule has 28 heavy (non-hydrogen) atoms. The molecule has 1 atom stereocenters. The van der Waals surface area contributed by atoms with Crippen LogP contribution in [0.15, 0.2) is 30.3 Å². The minimum atomic E-state index is -0.363. The molecule has 1 aromatic carbocycles. The SMILES string of the molecule is Cl.Cl.O=C(CCNC(=O)C1CNCCN1)NCCC(=O)OCc1ccccc1. The average Bonchev–Trinajstić information content (AvgIpc) is 2.68. The largest absolute Gasteiger partial charge is 0.461 e. The fourth-order valence-electron chi connectivity index (χ4n) is 2.46. The van der Waals surface area contributed by atoms with Gasteiger partial charge < -0.3 is 26.0 Å². The van der Waals surface area contributed by atoms with Gasteiger partial charge in [0.2, 0.25) is 11.8 Å². The first-order valence-corrected chi connectivity index (χ1v) is 8.83. The molecule has 0 saturated carbocycles. The Morgan fingerprint density at radius 2 is 1.71 bits per heavy atom. The van der Waals surface area contributed by atoms with Gasteiger partial charge in [0.25, 0.3) is 0 Å². The number of carbonyl (C=O) groups excluding carboxylic acids is 3. The van der Waals surface area contributed by atoms with Crippen LogP contribution in [0.5, 0.6) is 0 Å². The van der Waals surface area contributed by atoms with Crippen molar-refractivity contribution in [2.75, 3.05) is 32.7 Å². The lowest BCUT2D eigenvalue weighted by Gasteiger charge is -2.23. The van der Waals surface area contributed by atoms with Gasteiger partial charge in [-0.15, -0.1) is 24.8 Å². The Bertz CT molecular complexity index is 599. The minimum absolute atomic E-state index is 0. The highest BCUT2D eigenvalue weighted by molar-refractivity contribution is 5.85. The number of rotatable bonds is 9.